The smallest absolute Gasteiger partial charge is 0.257 e. The lowest BCUT2D eigenvalue weighted by Gasteiger charge is -2.14. The second-order valence-corrected chi connectivity index (χ2v) is 8.21. The van der Waals surface area contributed by atoms with Gasteiger partial charge < -0.3 is 10.1 Å². The third-order valence-electron chi connectivity index (χ3n) is 3.99. The van der Waals surface area contributed by atoms with Crippen molar-refractivity contribution >= 4 is 27.3 Å². The van der Waals surface area contributed by atoms with Crippen molar-refractivity contribution in [1.82, 2.24) is 4.98 Å². The SMILES string of the molecule is C[C@H](Oc1ccc(C(=O)Nc2cccc(NS(C)(=O)=O)c2)cn1)c1ccccc1. The maximum Gasteiger partial charge on any atom is 0.257 e. The van der Waals surface area contributed by atoms with Crippen molar-refractivity contribution in [3.05, 3.63) is 84.1 Å². The zero-order valence-electron chi connectivity index (χ0n) is 16.0. The molecule has 0 fully saturated rings. The van der Waals surface area contributed by atoms with Crippen molar-refractivity contribution < 1.29 is 17.9 Å². The molecule has 0 unspecified atom stereocenters. The Hall–Kier alpha value is -3.39. The lowest BCUT2D eigenvalue weighted by atomic mass is 10.1. The van der Waals surface area contributed by atoms with Gasteiger partial charge >= 0.3 is 0 Å². The third-order valence-corrected chi connectivity index (χ3v) is 4.60. The minimum Gasteiger partial charge on any atom is -0.470 e. The Balaban J connectivity index is 1.64. The van der Waals surface area contributed by atoms with Gasteiger partial charge in [-0.25, -0.2) is 13.4 Å². The van der Waals surface area contributed by atoms with Gasteiger partial charge in [-0.05, 0) is 36.8 Å². The Morgan fingerprint density at radius 1 is 1.00 bits per heavy atom. The molecule has 1 atom stereocenters. The molecule has 2 aromatic carbocycles. The number of benzene rings is 2. The van der Waals surface area contributed by atoms with Crippen molar-refractivity contribution in [3.8, 4) is 5.88 Å². The first-order valence-corrected chi connectivity index (χ1v) is 10.8. The van der Waals surface area contributed by atoms with Gasteiger partial charge in [0.1, 0.15) is 6.10 Å². The molecule has 8 heteroatoms. The number of aromatic nitrogens is 1. The zero-order chi connectivity index (χ0) is 20.9. The molecule has 0 bridgehead atoms. The van der Waals surface area contributed by atoms with Gasteiger partial charge in [0, 0.05) is 18.0 Å². The number of ether oxygens (including phenoxy) is 1. The fraction of sp³-hybridized carbons (Fsp3) is 0.143. The average Bonchev–Trinajstić information content (AvgIpc) is 2.68. The fourth-order valence-electron chi connectivity index (χ4n) is 2.64. The molecule has 0 aliphatic carbocycles. The van der Waals surface area contributed by atoms with Crippen LogP contribution in [-0.4, -0.2) is 25.6 Å². The van der Waals surface area contributed by atoms with Crippen LogP contribution in [-0.2, 0) is 10.0 Å². The van der Waals surface area contributed by atoms with Crippen molar-refractivity contribution in [2.45, 2.75) is 13.0 Å². The number of anilines is 2. The molecule has 150 valence electrons. The molecular formula is C21H21N3O4S. The minimum absolute atomic E-state index is 0.173. The molecule has 3 rings (SSSR count). The van der Waals surface area contributed by atoms with Crippen LogP contribution in [0.2, 0.25) is 0 Å². The highest BCUT2D eigenvalue weighted by molar-refractivity contribution is 7.92. The number of hydrogen-bond donors (Lipinski definition) is 2. The topological polar surface area (TPSA) is 97.4 Å². The first-order valence-electron chi connectivity index (χ1n) is 8.87. The number of pyridine rings is 1. The summed E-state index contributed by atoms with van der Waals surface area (Å²) in [6.07, 6.45) is 2.32. The predicted molar refractivity (Wildman–Crippen MR) is 113 cm³/mol. The van der Waals surface area contributed by atoms with Gasteiger partial charge in [-0.15, -0.1) is 0 Å². The summed E-state index contributed by atoms with van der Waals surface area (Å²) < 4.78 is 30.8. The summed E-state index contributed by atoms with van der Waals surface area (Å²) in [6, 6.07) is 19.5. The Morgan fingerprint density at radius 3 is 2.38 bits per heavy atom. The van der Waals surface area contributed by atoms with Gasteiger partial charge in [0.2, 0.25) is 15.9 Å². The molecule has 1 amide bonds. The summed E-state index contributed by atoms with van der Waals surface area (Å²) in [7, 11) is -3.40. The number of rotatable bonds is 7. The van der Waals surface area contributed by atoms with Crippen LogP contribution in [0.15, 0.2) is 72.9 Å². The number of carbonyl (C=O) groups excluding carboxylic acids is 1. The first-order chi connectivity index (χ1) is 13.8. The standard InChI is InChI=1S/C21H21N3O4S/c1-15(16-7-4-3-5-8-16)28-20-12-11-17(14-22-20)21(25)23-18-9-6-10-19(13-18)24-29(2,26)27/h3-15,24H,1-2H3,(H,23,25)/t15-/m0/s1. The average molecular weight is 411 g/mol. The monoisotopic (exact) mass is 411 g/mol. The lowest BCUT2D eigenvalue weighted by Crippen LogP contribution is -2.13. The Labute approximate surface area is 169 Å². The number of nitrogens with one attached hydrogen (secondary N) is 2. The van der Waals surface area contributed by atoms with Gasteiger partial charge in [0.05, 0.1) is 17.5 Å². The number of sulfonamides is 1. The van der Waals surface area contributed by atoms with Crippen molar-refractivity contribution in [2.75, 3.05) is 16.3 Å². The number of amides is 1. The van der Waals surface area contributed by atoms with E-state index in [9.17, 15) is 13.2 Å². The number of carbonyl (C=O) groups is 1. The highest BCUT2D eigenvalue weighted by Crippen LogP contribution is 2.21. The van der Waals surface area contributed by atoms with Crippen LogP contribution in [0.25, 0.3) is 0 Å². The van der Waals surface area contributed by atoms with E-state index in [0.29, 0.717) is 22.8 Å². The van der Waals surface area contributed by atoms with Crippen LogP contribution in [0.4, 0.5) is 11.4 Å². The third kappa shape index (κ3) is 6.05. The Morgan fingerprint density at radius 2 is 1.72 bits per heavy atom. The molecule has 0 saturated carbocycles. The van der Waals surface area contributed by atoms with E-state index in [1.54, 1.807) is 30.3 Å². The second-order valence-electron chi connectivity index (χ2n) is 6.47. The maximum atomic E-state index is 12.4. The number of nitrogens with zero attached hydrogens (tertiary/aromatic N) is 1. The maximum absolute atomic E-state index is 12.4. The van der Waals surface area contributed by atoms with E-state index in [0.717, 1.165) is 11.8 Å². The van der Waals surface area contributed by atoms with E-state index in [2.05, 4.69) is 15.0 Å². The summed E-state index contributed by atoms with van der Waals surface area (Å²) in [5.41, 5.74) is 2.20. The van der Waals surface area contributed by atoms with Crippen LogP contribution < -0.4 is 14.8 Å². The highest BCUT2D eigenvalue weighted by Gasteiger charge is 2.11. The van der Waals surface area contributed by atoms with Crippen molar-refractivity contribution in [2.24, 2.45) is 0 Å². The van der Waals surface area contributed by atoms with Crippen LogP contribution in [0, 0.1) is 0 Å². The van der Waals surface area contributed by atoms with Gasteiger partial charge in [0.15, 0.2) is 0 Å². The minimum atomic E-state index is -3.40. The molecule has 29 heavy (non-hydrogen) atoms. The van der Waals surface area contributed by atoms with Crippen molar-refractivity contribution in [3.63, 3.8) is 0 Å². The van der Waals surface area contributed by atoms with E-state index in [4.69, 9.17) is 4.74 Å². The molecule has 0 spiro atoms. The van der Waals surface area contributed by atoms with Crippen LogP contribution >= 0.6 is 0 Å². The molecule has 0 radical (unpaired) electrons. The normalized spacial score (nSPS) is 12.1. The molecule has 1 heterocycles. The zero-order valence-corrected chi connectivity index (χ0v) is 16.8. The largest absolute Gasteiger partial charge is 0.470 e. The predicted octanol–water partition coefficient (Wildman–Crippen LogP) is 3.85. The molecule has 3 aromatic rings. The summed E-state index contributed by atoms with van der Waals surface area (Å²) >= 11 is 0. The molecule has 0 saturated heterocycles. The summed E-state index contributed by atoms with van der Waals surface area (Å²) in [5, 5.41) is 2.72. The van der Waals surface area contributed by atoms with E-state index in [1.807, 2.05) is 37.3 Å². The molecular weight excluding hydrogens is 390 g/mol. The van der Waals surface area contributed by atoms with E-state index in [1.165, 1.54) is 12.3 Å². The van der Waals surface area contributed by atoms with Gasteiger partial charge in [-0.2, -0.15) is 0 Å². The Bertz CT molecular complexity index is 1080. The summed E-state index contributed by atoms with van der Waals surface area (Å²) in [5.74, 6) is 0.0499. The van der Waals surface area contributed by atoms with Crippen molar-refractivity contribution in [1.29, 1.82) is 0 Å². The highest BCUT2D eigenvalue weighted by atomic mass is 32.2. The van der Waals surface area contributed by atoms with E-state index < -0.39 is 10.0 Å². The Kier molecular flexibility index (Phi) is 6.13. The summed E-state index contributed by atoms with van der Waals surface area (Å²) in [4.78, 5) is 16.6. The fourth-order valence-corrected chi connectivity index (χ4v) is 3.19. The molecule has 0 aliphatic rings. The van der Waals surface area contributed by atoms with E-state index >= 15 is 0 Å². The summed E-state index contributed by atoms with van der Waals surface area (Å²) in [6.45, 7) is 1.93. The van der Waals surface area contributed by atoms with E-state index in [-0.39, 0.29) is 12.0 Å². The van der Waals surface area contributed by atoms with Crippen LogP contribution in [0.1, 0.15) is 28.9 Å². The first kappa shape index (κ1) is 20.3. The lowest BCUT2D eigenvalue weighted by molar-refractivity contribution is 0.102. The molecule has 7 nitrogen and oxygen atoms in total. The second kappa shape index (κ2) is 8.74. The molecule has 0 aliphatic heterocycles. The van der Waals surface area contributed by atoms with Crippen LogP contribution in [0.3, 0.4) is 0 Å². The molecule has 2 N–H and O–H groups in total. The van der Waals surface area contributed by atoms with Crippen LogP contribution in [0.5, 0.6) is 5.88 Å². The number of hydrogen-bond acceptors (Lipinski definition) is 5. The molecule has 1 aromatic heterocycles. The van der Waals surface area contributed by atoms with Gasteiger partial charge in [0.25, 0.3) is 5.91 Å². The van der Waals surface area contributed by atoms with Gasteiger partial charge in [-0.3, -0.25) is 9.52 Å². The van der Waals surface area contributed by atoms with Gasteiger partial charge in [-0.1, -0.05) is 36.4 Å². The quantitative estimate of drug-likeness (QED) is 0.616.